The molecule has 0 aromatic carbocycles. The van der Waals surface area contributed by atoms with Crippen LogP contribution in [0.4, 0.5) is 5.69 Å². The van der Waals surface area contributed by atoms with Gasteiger partial charge < -0.3 is 0 Å². The predicted molar refractivity (Wildman–Crippen MR) is 39.2 cm³/mol. The van der Waals surface area contributed by atoms with Gasteiger partial charge in [-0.05, 0) is 30.7 Å². The molecule has 0 N–H and O–H groups in total. The molecule has 0 radical (unpaired) electrons. The lowest BCUT2D eigenvalue weighted by Crippen LogP contribution is -1.81. The highest BCUT2D eigenvalue weighted by Gasteiger charge is 1.96. The van der Waals surface area contributed by atoms with E-state index in [-0.39, 0.29) is 0 Å². The first-order valence-electron chi connectivity index (χ1n) is 3.00. The molecule has 0 saturated heterocycles. The lowest BCUT2D eigenvalue weighted by Gasteiger charge is -1.95. The molecule has 0 aliphatic carbocycles. The van der Waals surface area contributed by atoms with E-state index in [1.807, 2.05) is 19.9 Å². The van der Waals surface area contributed by atoms with Gasteiger partial charge in [0.1, 0.15) is 5.69 Å². The monoisotopic (exact) mass is 136 g/mol. The summed E-state index contributed by atoms with van der Waals surface area (Å²) < 4.78 is 0. The lowest BCUT2D eigenvalue weighted by atomic mass is 10.2. The summed E-state index contributed by atoms with van der Waals surface area (Å²) in [6, 6.07) is 1.83. The van der Waals surface area contributed by atoms with Gasteiger partial charge in [0, 0.05) is 5.69 Å². The lowest BCUT2D eigenvalue weighted by molar-refractivity contribution is 1.16. The number of hydrogen-bond donors (Lipinski definition) is 0. The Morgan fingerprint density at radius 3 is 2.70 bits per heavy atom. The van der Waals surface area contributed by atoms with Crippen molar-refractivity contribution in [2.24, 2.45) is 5.18 Å². The molecular weight excluding hydrogens is 128 g/mol. The van der Waals surface area contributed by atoms with Crippen molar-refractivity contribution < 1.29 is 0 Å². The first-order valence-corrected chi connectivity index (χ1v) is 3.00. The Morgan fingerprint density at radius 2 is 2.20 bits per heavy atom. The Bertz CT molecular complexity index is 258. The molecule has 1 heterocycles. The van der Waals surface area contributed by atoms with Gasteiger partial charge in [0.25, 0.3) is 0 Å². The molecule has 0 saturated carbocycles. The van der Waals surface area contributed by atoms with E-state index in [1.54, 1.807) is 0 Å². The second-order valence-electron chi connectivity index (χ2n) is 2.20. The molecular formula is C7H8N2O. The van der Waals surface area contributed by atoms with E-state index in [0.29, 0.717) is 5.69 Å². The SMILES string of the molecule is Cc1cc(C)c(N=O)cn1. The molecule has 3 heteroatoms. The predicted octanol–water partition coefficient (Wildman–Crippen LogP) is 2.10. The molecule has 0 atom stereocenters. The summed E-state index contributed by atoms with van der Waals surface area (Å²) in [6.07, 6.45) is 1.48. The molecule has 0 aliphatic heterocycles. The van der Waals surface area contributed by atoms with Gasteiger partial charge >= 0.3 is 0 Å². The third kappa shape index (κ3) is 1.18. The van der Waals surface area contributed by atoms with Crippen LogP contribution in [0.1, 0.15) is 11.3 Å². The van der Waals surface area contributed by atoms with Gasteiger partial charge in [-0.1, -0.05) is 0 Å². The van der Waals surface area contributed by atoms with Gasteiger partial charge in [-0.3, -0.25) is 4.98 Å². The van der Waals surface area contributed by atoms with Gasteiger partial charge in [0.2, 0.25) is 0 Å². The van der Waals surface area contributed by atoms with Crippen molar-refractivity contribution in [3.63, 3.8) is 0 Å². The number of nitroso groups, excluding NO2 is 1. The van der Waals surface area contributed by atoms with E-state index < -0.39 is 0 Å². The van der Waals surface area contributed by atoms with E-state index in [0.717, 1.165) is 11.3 Å². The minimum absolute atomic E-state index is 0.422. The van der Waals surface area contributed by atoms with E-state index >= 15 is 0 Å². The van der Waals surface area contributed by atoms with Crippen molar-refractivity contribution in [1.82, 2.24) is 4.98 Å². The molecule has 0 spiro atoms. The van der Waals surface area contributed by atoms with Crippen LogP contribution in [0.15, 0.2) is 17.4 Å². The fourth-order valence-electron chi connectivity index (χ4n) is 0.785. The number of aromatic nitrogens is 1. The third-order valence-corrected chi connectivity index (χ3v) is 1.32. The standard InChI is InChI=1S/C7H8N2O/c1-5-3-6(2)8-4-7(5)9-10/h3-4H,1-2H3. The number of pyridine rings is 1. The number of nitrogens with zero attached hydrogens (tertiary/aromatic N) is 2. The van der Waals surface area contributed by atoms with E-state index in [9.17, 15) is 4.91 Å². The Kier molecular flexibility index (Phi) is 1.76. The molecule has 0 bridgehead atoms. The number of aryl methyl sites for hydroxylation is 2. The normalized spacial score (nSPS) is 9.40. The highest BCUT2D eigenvalue weighted by Crippen LogP contribution is 2.15. The van der Waals surface area contributed by atoms with Crippen molar-refractivity contribution in [1.29, 1.82) is 0 Å². The summed E-state index contributed by atoms with van der Waals surface area (Å²) in [7, 11) is 0. The summed E-state index contributed by atoms with van der Waals surface area (Å²) in [5.74, 6) is 0. The summed E-state index contributed by atoms with van der Waals surface area (Å²) in [6.45, 7) is 3.72. The van der Waals surface area contributed by atoms with Crippen molar-refractivity contribution in [2.75, 3.05) is 0 Å². The second-order valence-corrected chi connectivity index (χ2v) is 2.20. The van der Waals surface area contributed by atoms with Gasteiger partial charge in [-0.25, -0.2) is 0 Å². The maximum absolute atomic E-state index is 10.0. The summed E-state index contributed by atoms with van der Waals surface area (Å²) >= 11 is 0. The molecule has 0 fully saturated rings. The van der Waals surface area contributed by atoms with Crippen LogP contribution in [0, 0.1) is 18.8 Å². The zero-order chi connectivity index (χ0) is 7.56. The molecule has 10 heavy (non-hydrogen) atoms. The Hall–Kier alpha value is -1.25. The molecule has 1 aromatic heterocycles. The van der Waals surface area contributed by atoms with Crippen LogP contribution in [-0.4, -0.2) is 4.98 Å². The topological polar surface area (TPSA) is 42.3 Å². The van der Waals surface area contributed by atoms with Crippen LogP contribution in [-0.2, 0) is 0 Å². The molecule has 0 unspecified atom stereocenters. The average Bonchev–Trinajstić information content (AvgIpc) is 1.88. The van der Waals surface area contributed by atoms with Crippen LogP contribution in [0.5, 0.6) is 0 Å². The van der Waals surface area contributed by atoms with E-state index in [1.165, 1.54) is 6.20 Å². The molecule has 1 rings (SSSR count). The zero-order valence-electron chi connectivity index (χ0n) is 5.96. The molecule has 0 amide bonds. The maximum Gasteiger partial charge on any atom is 0.129 e. The van der Waals surface area contributed by atoms with E-state index in [2.05, 4.69) is 10.2 Å². The van der Waals surface area contributed by atoms with Crippen molar-refractivity contribution in [3.8, 4) is 0 Å². The maximum atomic E-state index is 10.0. The summed E-state index contributed by atoms with van der Waals surface area (Å²) in [5.41, 5.74) is 2.21. The average molecular weight is 136 g/mol. The Morgan fingerprint density at radius 1 is 1.50 bits per heavy atom. The Balaban J connectivity index is 3.19. The smallest absolute Gasteiger partial charge is 0.129 e. The van der Waals surface area contributed by atoms with Crippen LogP contribution in [0.2, 0.25) is 0 Å². The first-order chi connectivity index (χ1) is 4.74. The summed E-state index contributed by atoms with van der Waals surface area (Å²) in [4.78, 5) is 14.0. The minimum Gasteiger partial charge on any atom is -0.259 e. The van der Waals surface area contributed by atoms with Crippen LogP contribution >= 0.6 is 0 Å². The van der Waals surface area contributed by atoms with Gasteiger partial charge in [-0.2, -0.15) is 0 Å². The Labute approximate surface area is 59.1 Å². The van der Waals surface area contributed by atoms with Crippen LogP contribution in [0.25, 0.3) is 0 Å². The third-order valence-electron chi connectivity index (χ3n) is 1.32. The quantitative estimate of drug-likeness (QED) is 0.555. The van der Waals surface area contributed by atoms with E-state index in [4.69, 9.17) is 0 Å². The van der Waals surface area contributed by atoms with Crippen LogP contribution < -0.4 is 0 Å². The highest BCUT2D eigenvalue weighted by molar-refractivity contribution is 5.42. The minimum atomic E-state index is 0.422. The molecule has 52 valence electrons. The van der Waals surface area contributed by atoms with Crippen molar-refractivity contribution in [3.05, 3.63) is 28.4 Å². The fourth-order valence-corrected chi connectivity index (χ4v) is 0.785. The molecule has 0 aliphatic rings. The van der Waals surface area contributed by atoms with Gasteiger partial charge in [0.05, 0.1) is 6.20 Å². The first kappa shape index (κ1) is 6.86. The number of hydrogen-bond acceptors (Lipinski definition) is 3. The van der Waals surface area contributed by atoms with Crippen molar-refractivity contribution >= 4 is 5.69 Å². The zero-order valence-corrected chi connectivity index (χ0v) is 5.96. The van der Waals surface area contributed by atoms with Gasteiger partial charge in [-0.15, -0.1) is 4.91 Å². The number of rotatable bonds is 1. The summed E-state index contributed by atoms with van der Waals surface area (Å²) in [5, 5.41) is 2.80. The highest BCUT2D eigenvalue weighted by atomic mass is 16.3. The van der Waals surface area contributed by atoms with Crippen molar-refractivity contribution in [2.45, 2.75) is 13.8 Å². The van der Waals surface area contributed by atoms with Gasteiger partial charge in [0.15, 0.2) is 0 Å². The van der Waals surface area contributed by atoms with Crippen LogP contribution in [0.3, 0.4) is 0 Å². The second kappa shape index (κ2) is 2.56. The fraction of sp³-hybridized carbons (Fsp3) is 0.286. The molecule has 1 aromatic rings. The largest absolute Gasteiger partial charge is 0.259 e. The molecule has 3 nitrogen and oxygen atoms in total.